The lowest BCUT2D eigenvalue weighted by Crippen LogP contribution is -2.18. The Morgan fingerprint density at radius 1 is 0.714 bits per heavy atom. The van der Waals surface area contributed by atoms with Crippen molar-refractivity contribution in [2.75, 3.05) is 11.4 Å². The molecule has 4 aromatic rings. The van der Waals surface area contributed by atoms with Crippen LogP contribution in [0.2, 0.25) is 0 Å². The Kier molecular flexibility index (Phi) is 9.36. The second-order valence-electron chi connectivity index (χ2n) is 8.21. The third-order valence-electron chi connectivity index (χ3n) is 5.74. The lowest BCUT2D eigenvalue weighted by Gasteiger charge is -2.24. The predicted octanol–water partition coefficient (Wildman–Crippen LogP) is 8.93. The molecule has 0 bridgehead atoms. The van der Waals surface area contributed by atoms with E-state index in [9.17, 15) is 0 Å². The zero-order chi connectivity index (χ0) is 25.0. The van der Waals surface area contributed by atoms with Gasteiger partial charge in [0, 0.05) is 11.4 Å². The van der Waals surface area contributed by atoms with Crippen LogP contribution in [0.25, 0.3) is 22.9 Å². The van der Waals surface area contributed by atoms with Gasteiger partial charge in [0.1, 0.15) is 0 Å². The summed E-state index contributed by atoms with van der Waals surface area (Å²) in [6.45, 7) is 9.06. The lowest BCUT2D eigenvalue weighted by molar-refractivity contribution is 0.876. The van der Waals surface area contributed by atoms with Crippen molar-refractivity contribution in [2.45, 2.75) is 33.6 Å². The van der Waals surface area contributed by atoms with Crippen molar-refractivity contribution in [2.24, 2.45) is 0 Å². The second-order valence-corrected chi connectivity index (χ2v) is 8.21. The maximum Gasteiger partial charge on any atom is 0.0853 e. The number of hydrogen-bond acceptors (Lipinski definition) is 1. The van der Waals surface area contributed by atoms with Gasteiger partial charge in [0.25, 0.3) is 0 Å². The largest absolute Gasteiger partial charge is 0.329 e. The van der Waals surface area contributed by atoms with Gasteiger partial charge in [-0.25, -0.2) is 0 Å². The minimum Gasteiger partial charge on any atom is -0.329 e. The van der Waals surface area contributed by atoms with Gasteiger partial charge in [-0.1, -0.05) is 125 Å². The Morgan fingerprint density at radius 2 is 1.26 bits per heavy atom. The average Bonchev–Trinajstić information content (AvgIpc) is 3.07. The number of anilines is 2. The van der Waals surface area contributed by atoms with E-state index in [0.29, 0.717) is 12.5 Å². The molecule has 0 N–H and O–H groups in total. The van der Waals surface area contributed by atoms with Crippen LogP contribution < -0.4 is 4.90 Å². The monoisotopic (exact) mass is 455 g/mol. The molecule has 0 saturated heterocycles. The fourth-order valence-corrected chi connectivity index (χ4v) is 4.15. The fraction of sp³-hybridized carbons (Fsp3) is 0.176. The molecule has 174 valence electrons. The summed E-state index contributed by atoms with van der Waals surface area (Å²) in [5.41, 5.74) is 6.12. The normalized spacial score (nSPS) is 10.8. The third kappa shape index (κ3) is 6.23. The zero-order valence-corrected chi connectivity index (χ0v) is 21.1. The Morgan fingerprint density at radius 3 is 1.86 bits per heavy atom. The van der Waals surface area contributed by atoms with E-state index >= 15 is 0 Å². The van der Waals surface area contributed by atoms with Crippen molar-refractivity contribution in [3.05, 3.63) is 108 Å². The van der Waals surface area contributed by atoms with Crippen LogP contribution in [0.4, 0.5) is 11.4 Å². The molecule has 0 spiro atoms. The maximum absolute atomic E-state index is 5.21. The first-order valence-corrected chi connectivity index (χ1v) is 12.2. The smallest absolute Gasteiger partial charge is 0.0853 e. The Labute approximate surface area is 211 Å². The number of terminal acetylenes is 1. The summed E-state index contributed by atoms with van der Waals surface area (Å²) >= 11 is 0. The SMILES string of the molecule is C#CC#CCN1c2ccccc2C=Cc2ccccc21.CC.CC(C)c1cccc2ccccc12. The average molecular weight is 456 g/mol. The highest BCUT2D eigenvalue weighted by atomic mass is 15.1. The molecule has 1 nitrogen and oxygen atoms in total. The van der Waals surface area contributed by atoms with Gasteiger partial charge in [0.2, 0.25) is 0 Å². The summed E-state index contributed by atoms with van der Waals surface area (Å²) in [5, 5.41) is 2.73. The van der Waals surface area contributed by atoms with E-state index in [0.717, 1.165) is 11.4 Å². The van der Waals surface area contributed by atoms with Crippen molar-refractivity contribution in [3.63, 3.8) is 0 Å². The lowest BCUT2D eigenvalue weighted by atomic mass is 9.96. The van der Waals surface area contributed by atoms with Crippen molar-refractivity contribution < 1.29 is 0 Å². The van der Waals surface area contributed by atoms with Crippen molar-refractivity contribution in [1.82, 2.24) is 0 Å². The van der Waals surface area contributed by atoms with Crippen molar-refractivity contribution >= 4 is 34.3 Å². The molecule has 1 heterocycles. The van der Waals surface area contributed by atoms with Crippen LogP contribution in [-0.4, -0.2) is 6.54 Å². The molecule has 0 atom stereocenters. The zero-order valence-electron chi connectivity index (χ0n) is 21.1. The highest BCUT2D eigenvalue weighted by Crippen LogP contribution is 2.35. The summed E-state index contributed by atoms with van der Waals surface area (Å²) in [7, 11) is 0. The Hall–Kier alpha value is -4.20. The van der Waals surface area contributed by atoms with Gasteiger partial charge in [0.15, 0.2) is 0 Å². The number of fused-ring (bicyclic) bond motifs is 3. The summed E-state index contributed by atoms with van der Waals surface area (Å²) < 4.78 is 0. The van der Waals surface area contributed by atoms with Gasteiger partial charge in [-0.3, -0.25) is 0 Å². The van der Waals surface area contributed by atoms with Gasteiger partial charge < -0.3 is 4.90 Å². The molecular formula is C34H33N. The predicted molar refractivity (Wildman–Crippen MR) is 155 cm³/mol. The summed E-state index contributed by atoms with van der Waals surface area (Å²) in [4.78, 5) is 2.20. The molecular weight excluding hydrogens is 422 g/mol. The van der Waals surface area contributed by atoms with Crippen LogP contribution in [0.3, 0.4) is 0 Å². The molecule has 0 saturated carbocycles. The first kappa shape index (κ1) is 25.4. The first-order chi connectivity index (χ1) is 17.2. The molecule has 0 unspecified atom stereocenters. The van der Waals surface area contributed by atoms with E-state index in [2.05, 4.69) is 115 Å². The quantitative estimate of drug-likeness (QED) is 0.273. The van der Waals surface area contributed by atoms with E-state index in [-0.39, 0.29) is 0 Å². The molecule has 0 radical (unpaired) electrons. The van der Waals surface area contributed by atoms with Crippen LogP contribution in [0.1, 0.15) is 50.3 Å². The van der Waals surface area contributed by atoms with E-state index < -0.39 is 0 Å². The van der Waals surface area contributed by atoms with Crippen LogP contribution in [0.15, 0.2) is 91.0 Å². The van der Waals surface area contributed by atoms with Gasteiger partial charge in [-0.05, 0) is 57.4 Å². The van der Waals surface area contributed by atoms with Crippen LogP contribution >= 0.6 is 0 Å². The molecule has 0 amide bonds. The molecule has 1 aliphatic heterocycles. The highest BCUT2D eigenvalue weighted by Gasteiger charge is 2.16. The summed E-state index contributed by atoms with van der Waals surface area (Å²) in [6.07, 6.45) is 9.49. The van der Waals surface area contributed by atoms with Crippen molar-refractivity contribution in [1.29, 1.82) is 0 Å². The van der Waals surface area contributed by atoms with Gasteiger partial charge in [-0.15, -0.1) is 6.42 Å². The molecule has 0 aliphatic carbocycles. The van der Waals surface area contributed by atoms with Gasteiger partial charge in [-0.2, -0.15) is 0 Å². The molecule has 1 aliphatic rings. The number of nitrogens with zero attached hydrogens (tertiary/aromatic N) is 1. The Balaban J connectivity index is 0.000000197. The fourth-order valence-electron chi connectivity index (χ4n) is 4.15. The molecule has 4 aromatic carbocycles. The molecule has 0 fully saturated rings. The molecule has 1 heteroatoms. The second kappa shape index (κ2) is 12.9. The van der Waals surface area contributed by atoms with Crippen LogP contribution in [0, 0.1) is 24.2 Å². The standard InChI is InChI=1S/C19H13N.C13H14.C2H6/c1-2-3-8-15-20-18-11-6-4-9-16(18)13-14-17-10-5-7-12-19(17)20;1-10(2)12-9-5-7-11-6-3-4-8-13(11)12;1-2/h1,4-7,9-14H,15H2;3-10H,1-2H3;1-2H3. The molecule has 35 heavy (non-hydrogen) atoms. The first-order valence-electron chi connectivity index (χ1n) is 12.2. The van der Waals surface area contributed by atoms with E-state index in [1.807, 2.05) is 38.1 Å². The minimum absolute atomic E-state index is 0.583. The number of para-hydroxylation sites is 2. The molecule has 5 rings (SSSR count). The topological polar surface area (TPSA) is 3.24 Å². The van der Waals surface area contributed by atoms with Gasteiger partial charge >= 0.3 is 0 Å². The Bertz CT molecular complexity index is 1330. The van der Waals surface area contributed by atoms with E-state index in [4.69, 9.17) is 6.42 Å². The summed E-state index contributed by atoms with van der Waals surface area (Å²) in [6, 6.07) is 31.7. The van der Waals surface area contributed by atoms with Crippen LogP contribution in [-0.2, 0) is 0 Å². The van der Waals surface area contributed by atoms with Gasteiger partial charge in [0.05, 0.1) is 6.54 Å². The van der Waals surface area contributed by atoms with Crippen LogP contribution in [0.5, 0.6) is 0 Å². The van der Waals surface area contributed by atoms with E-state index in [1.54, 1.807) is 0 Å². The third-order valence-corrected chi connectivity index (χ3v) is 5.74. The number of rotatable bonds is 2. The maximum atomic E-state index is 5.21. The highest BCUT2D eigenvalue weighted by molar-refractivity contribution is 5.89. The van der Waals surface area contributed by atoms with Crippen molar-refractivity contribution in [3.8, 4) is 24.2 Å². The number of benzene rings is 4. The molecule has 0 aromatic heterocycles. The van der Waals surface area contributed by atoms with E-state index in [1.165, 1.54) is 27.5 Å². The number of hydrogen-bond donors (Lipinski definition) is 0. The summed E-state index contributed by atoms with van der Waals surface area (Å²) in [5.74, 6) is 8.69. The minimum atomic E-state index is 0.583.